The number of fused-ring (bicyclic) bond motifs is 1. The van der Waals surface area contributed by atoms with E-state index in [0.717, 1.165) is 17.5 Å². The highest BCUT2D eigenvalue weighted by atomic mass is 16.4. The number of nitrogens with zero attached hydrogens (tertiary/aromatic N) is 1. The Morgan fingerprint density at radius 3 is 3.06 bits per heavy atom. The number of aliphatic hydroxyl groups excluding tert-OH is 1. The standard InChI is InChI=1S/C11H14N2O3/c1-13-9-6-8(4-5-12-7-14)2-3-10(9)16-11(13)15/h2-3,6,12,14H,4-5,7H2,1H3. The second-order valence-electron chi connectivity index (χ2n) is 3.64. The van der Waals surface area contributed by atoms with Crippen molar-refractivity contribution in [1.29, 1.82) is 0 Å². The van der Waals surface area contributed by atoms with E-state index in [4.69, 9.17) is 9.52 Å². The average Bonchev–Trinajstić information content (AvgIpc) is 2.56. The van der Waals surface area contributed by atoms with Gasteiger partial charge in [-0.25, -0.2) is 4.79 Å². The number of hydrogen-bond acceptors (Lipinski definition) is 4. The van der Waals surface area contributed by atoms with E-state index in [0.29, 0.717) is 12.1 Å². The maximum absolute atomic E-state index is 11.3. The van der Waals surface area contributed by atoms with Gasteiger partial charge >= 0.3 is 5.76 Å². The quantitative estimate of drug-likeness (QED) is 0.573. The lowest BCUT2D eigenvalue weighted by molar-refractivity contribution is 0.262. The van der Waals surface area contributed by atoms with Crippen LogP contribution in [0.2, 0.25) is 0 Å². The predicted octanol–water partition coefficient (Wildman–Crippen LogP) is 0.213. The molecule has 0 unspecified atom stereocenters. The zero-order valence-corrected chi connectivity index (χ0v) is 9.06. The first-order chi connectivity index (χ1) is 7.72. The number of aromatic nitrogens is 1. The van der Waals surface area contributed by atoms with Gasteiger partial charge in [0.15, 0.2) is 5.58 Å². The predicted molar refractivity (Wildman–Crippen MR) is 60.2 cm³/mol. The van der Waals surface area contributed by atoms with Gasteiger partial charge in [-0.15, -0.1) is 0 Å². The Morgan fingerprint density at radius 2 is 2.31 bits per heavy atom. The first kappa shape index (κ1) is 10.9. The molecule has 2 N–H and O–H groups in total. The summed E-state index contributed by atoms with van der Waals surface area (Å²) in [7, 11) is 1.68. The summed E-state index contributed by atoms with van der Waals surface area (Å²) in [5.41, 5.74) is 2.50. The van der Waals surface area contributed by atoms with Gasteiger partial charge < -0.3 is 9.52 Å². The number of hydrogen-bond donors (Lipinski definition) is 2. The molecule has 0 fully saturated rings. The van der Waals surface area contributed by atoms with Gasteiger partial charge in [0.2, 0.25) is 0 Å². The van der Waals surface area contributed by atoms with Crippen LogP contribution < -0.4 is 11.1 Å². The summed E-state index contributed by atoms with van der Waals surface area (Å²) in [5, 5.41) is 11.4. The molecule has 2 rings (SSSR count). The molecule has 86 valence electrons. The maximum atomic E-state index is 11.3. The number of nitrogens with one attached hydrogen (secondary N) is 1. The van der Waals surface area contributed by atoms with Crippen molar-refractivity contribution in [2.45, 2.75) is 6.42 Å². The zero-order chi connectivity index (χ0) is 11.5. The number of benzene rings is 1. The highest BCUT2D eigenvalue weighted by Crippen LogP contribution is 2.14. The van der Waals surface area contributed by atoms with Crippen molar-refractivity contribution < 1.29 is 9.52 Å². The van der Waals surface area contributed by atoms with Crippen LogP contribution >= 0.6 is 0 Å². The Bertz CT molecular complexity index is 542. The number of aryl methyl sites for hydroxylation is 1. The van der Waals surface area contributed by atoms with E-state index in [1.54, 1.807) is 13.1 Å². The van der Waals surface area contributed by atoms with Crippen LogP contribution in [0.3, 0.4) is 0 Å². The molecule has 0 radical (unpaired) electrons. The van der Waals surface area contributed by atoms with Gasteiger partial charge in [0.1, 0.15) is 0 Å². The molecule has 2 aromatic rings. The molecule has 5 heteroatoms. The monoisotopic (exact) mass is 222 g/mol. The van der Waals surface area contributed by atoms with Crippen molar-refractivity contribution in [3.8, 4) is 0 Å². The zero-order valence-electron chi connectivity index (χ0n) is 9.06. The van der Waals surface area contributed by atoms with E-state index < -0.39 is 0 Å². The second kappa shape index (κ2) is 4.51. The fraction of sp³-hybridized carbons (Fsp3) is 0.364. The summed E-state index contributed by atoms with van der Waals surface area (Å²) in [6, 6.07) is 5.65. The van der Waals surface area contributed by atoms with E-state index in [9.17, 15) is 4.79 Å². The number of aliphatic hydroxyl groups is 1. The van der Waals surface area contributed by atoms with Crippen molar-refractivity contribution >= 4 is 11.1 Å². The molecule has 0 bridgehead atoms. The lowest BCUT2D eigenvalue weighted by Gasteiger charge is -2.02. The lowest BCUT2D eigenvalue weighted by Crippen LogP contribution is -2.17. The van der Waals surface area contributed by atoms with Crippen LogP contribution in [0.15, 0.2) is 27.4 Å². The van der Waals surface area contributed by atoms with Crippen LogP contribution in [0.1, 0.15) is 5.56 Å². The summed E-state index contributed by atoms with van der Waals surface area (Å²) in [6.45, 7) is 0.681. The number of rotatable bonds is 4. The van der Waals surface area contributed by atoms with Gasteiger partial charge in [-0.3, -0.25) is 9.88 Å². The summed E-state index contributed by atoms with van der Waals surface area (Å²) < 4.78 is 6.52. The van der Waals surface area contributed by atoms with Crippen molar-refractivity contribution in [3.63, 3.8) is 0 Å². The maximum Gasteiger partial charge on any atom is 0.419 e. The Labute approximate surface area is 92.3 Å². The Morgan fingerprint density at radius 1 is 1.50 bits per heavy atom. The number of oxazole rings is 1. The third-order valence-corrected chi connectivity index (χ3v) is 2.56. The molecule has 1 heterocycles. The van der Waals surface area contributed by atoms with Gasteiger partial charge in [-0.2, -0.15) is 0 Å². The topological polar surface area (TPSA) is 67.4 Å². The van der Waals surface area contributed by atoms with Crippen molar-refractivity contribution in [1.82, 2.24) is 9.88 Å². The van der Waals surface area contributed by atoms with Crippen LogP contribution in [0.4, 0.5) is 0 Å². The lowest BCUT2D eigenvalue weighted by atomic mass is 10.1. The minimum Gasteiger partial charge on any atom is -0.408 e. The smallest absolute Gasteiger partial charge is 0.408 e. The highest BCUT2D eigenvalue weighted by molar-refractivity contribution is 5.73. The normalized spacial score (nSPS) is 11.1. The molecule has 0 amide bonds. The van der Waals surface area contributed by atoms with Crippen LogP contribution in [0.5, 0.6) is 0 Å². The molecule has 0 spiro atoms. The van der Waals surface area contributed by atoms with E-state index in [-0.39, 0.29) is 12.5 Å². The summed E-state index contributed by atoms with van der Waals surface area (Å²) >= 11 is 0. The van der Waals surface area contributed by atoms with Gasteiger partial charge in [0.25, 0.3) is 0 Å². The molecular formula is C11H14N2O3. The summed E-state index contributed by atoms with van der Waals surface area (Å²) in [5.74, 6) is -0.347. The molecule has 0 aliphatic rings. The minimum atomic E-state index is -0.347. The van der Waals surface area contributed by atoms with Crippen molar-refractivity contribution in [3.05, 3.63) is 34.3 Å². The van der Waals surface area contributed by atoms with E-state index >= 15 is 0 Å². The van der Waals surface area contributed by atoms with E-state index in [1.807, 2.05) is 12.1 Å². The average molecular weight is 222 g/mol. The van der Waals surface area contributed by atoms with Crippen LogP contribution in [-0.4, -0.2) is 22.9 Å². The van der Waals surface area contributed by atoms with Crippen molar-refractivity contribution in [2.75, 3.05) is 13.3 Å². The van der Waals surface area contributed by atoms with E-state index in [1.165, 1.54) is 4.57 Å². The summed E-state index contributed by atoms with van der Waals surface area (Å²) in [4.78, 5) is 11.3. The molecule has 16 heavy (non-hydrogen) atoms. The van der Waals surface area contributed by atoms with Gasteiger partial charge in [0, 0.05) is 13.6 Å². The molecule has 0 saturated carbocycles. The molecule has 0 atom stereocenters. The molecule has 1 aromatic heterocycles. The molecule has 5 nitrogen and oxygen atoms in total. The fourth-order valence-electron chi connectivity index (χ4n) is 1.64. The second-order valence-corrected chi connectivity index (χ2v) is 3.64. The van der Waals surface area contributed by atoms with Crippen LogP contribution in [0.25, 0.3) is 11.1 Å². The van der Waals surface area contributed by atoms with Gasteiger partial charge in [-0.05, 0) is 24.1 Å². The van der Waals surface area contributed by atoms with Crippen molar-refractivity contribution in [2.24, 2.45) is 7.05 Å². The third-order valence-electron chi connectivity index (χ3n) is 2.56. The SMILES string of the molecule is Cn1c(=O)oc2ccc(CCNCO)cc21. The van der Waals surface area contributed by atoms with Gasteiger partial charge in [0.05, 0.1) is 12.2 Å². The van der Waals surface area contributed by atoms with Crippen LogP contribution in [-0.2, 0) is 13.5 Å². The Hall–Kier alpha value is -1.59. The van der Waals surface area contributed by atoms with Crippen LogP contribution in [0, 0.1) is 0 Å². The first-order valence-corrected chi connectivity index (χ1v) is 5.12. The largest absolute Gasteiger partial charge is 0.419 e. The fourth-order valence-corrected chi connectivity index (χ4v) is 1.64. The summed E-state index contributed by atoms with van der Waals surface area (Å²) in [6.07, 6.45) is 0.801. The molecule has 0 aliphatic carbocycles. The van der Waals surface area contributed by atoms with Gasteiger partial charge in [-0.1, -0.05) is 6.07 Å². The minimum absolute atomic E-state index is 0.0214. The molecule has 0 saturated heterocycles. The Kier molecular flexibility index (Phi) is 3.07. The highest BCUT2D eigenvalue weighted by Gasteiger charge is 2.05. The first-order valence-electron chi connectivity index (χ1n) is 5.12. The molecule has 0 aliphatic heterocycles. The third kappa shape index (κ3) is 2.00. The Balaban J connectivity index is 2.28. The molecular weight excluding hydrogens is 208 g/mol. The molecule has 1 aromatic carbocycles. The van der Waals surface area contributed by atoms with E-state index in [2.05, 4.69) is 5.32 Å².